The van der Waals surface area contributed by atoms with Gasteiger partial charge in [-0.1, -0.05) is 16.8 Å². The number of oxime groups is 1. The third kappa shape index (κ3) is 3.98. The van der Waals surface area contributed by atoms with E-state index in [0.29, 0.717) is 4.57 Å². The van der Waals surface area contributed by atoms with Gasteiger partial charge in [-0.3, -0.25) is 9.13 Å². The van der Waals surface area contributed by atoms with Gasteiger partial charge in [0.1, 0.15) is 5.82 Å². The van der Waals surface area contributed by atoms with Crippen LogP contribution in [0.2, 0.25) is 5.02 Å². The molecule has 1 aromatic heterocycles. The minimum absolute atomic E-state index is 0.0338. The van der Waals surface area contributed by atoms with Crippen LogP contribution in [0, 0.1) is 10.6 Å². The molecule has 1 N–H and O–H groups in total. The number of carboxylic acid groups (broad SMARTS) is 1. The Balaban J connectivity index is 2.63. The molecule has 0 aliphatic heterocycles. The molecular formula is C15H14ClFN4O5S. The highest BCUT2D eigenvalue weighted by Gasteiger charge is 2.17. The Labute approximate surface area is 161 Å². The molecule has 1 atom stereocenters. The fourth-order valence-electron chi connectivity index (χ4n) is 2.02. The van der Waals surface area contributed by atoms with Gasteiger partial charge in [0.05, 0.1) is 16.9 Å². The van der Waals surface area contributed by atoms with E-state index in [9.17, 15) is 18.8 Å². The molecule has 0 radical (unpaired) electrons. The molecule has 144 valence electrons. The van der Waals surface area contributed by atoms with Gasteiger partial charge in [0.2, 0.25) is 6.10 Å². The van der Waals surface area contributed by atoms with Crippen LogP contribution in [0.1, 0.15) is 12.5 Å². The van der Waals surface area contributed by atoms with Crippen LogP contribution in [0.5, 0.6) is 0 Å². The second kappa shape index (κ2) is 7.84. The summed E-state index contributed by atoms with van der Waals surface area (Å²) in [7, 11) is 2.69. The Morgan fingerprint density at radius 2 is 1.89 bits per heavy atom. The number of halogens is 2. The van der Waals surface area contributed by atoms with E-state index in [0.717, 1.165) is 27.5 Å². The third-order valence-electron chi connectivity index (χ3n) is 3.60. The van der Waals surface area contributed by atoms with E-state index < -0.39 is 29.3 Å². The van der Waals surface area contributed by atoms with Crippen molar-refractivity contribution in [2.45, 2.75) is 13.0 Å². The fourth-order valence-corrected chi connectivity index (χ4v) is 2.38. The summed E-state index contributed by atoms with van der Waals surface area (Å²) in [5, 5.41) is 12.1. The van der Waals surface area contributed by atoms with Gasteiger partial charge in [0.15, 0.2) is 4.77 Å². The highest BCUT2D eigenvalue weighted by atomic mass is 35.5. The molecule has 0 aliphatic rings. The molecule has 2 aromatic rings. The summed E-state index contributed by atoms with van der Waals surface area (Å²) in [6, 6.07) is 2.01. The lowest BCUT2D eigenvalue weighted by molar-refractivity contribution is -0.149. The van der Waals surface area contributed by atoms with Crippen LogP contribution in [0.4, 0.5) is 4.39 Å². The maximum absolute atomic E-state index is 14.4. The predicted molar refractivity (Wildman–Crippen MR) is 97.8 cm³/mol. The number of nitrogens with zero attached hydrogens (tertiary/aromatic N) is 4. The van der Waals surface area contributed by atoms with E-state index in [2.05, 4.69) is 5.16 Å². The average molecular weight is 417 g/mol. The first kappa shape index (κ1) is 20.5. The quantitative estimate of drug-likeness (QED) is 0.446. The minimum Gasteiger partial charge on any atom is -0.478 e. The first-order valence-corrected chi connectivity index (χ1v) is 8.15. The third-order valence-corrected chi connectivity index (χ3v) is 4.47. The van der Waals surface area contributed by atoms with Crippen LogP contribution in [0.15, 0.2) is 26.9 Å². The van der Waals surface area contributed by atoms with Crippen LogP contribution in [-0.4, -0.2) is 37.1 Å². The number of aliphatic carboxylic acids is 1. The first-order chi connectivity index (χ1) is 12.6. The molecule has 27 heavy (non-hydrogen) atoms. The normalized spacial score (nSPS) is 12.3. The lowest BCUT2D eigenvalue weighted by Gasteiger charge is -2.12. The molecule has 9 nitrogen and oxygen atoms in total. The Bertz CT molecular complexity index is 1080. The van der Waals surface area contributed by atoms with E-state index in [4.69, 9.17) is 33.8 Å². The second-order valence-electron chi connectivity index (χ2n) is 5.45. The van der Waals surface area contributed by atoms with Crippen molar-refractivity contribution in [2.24, 2.45) is 19.3 Å². The van der Waals surface area contributed by atoms with Crippen LogP contribution >= 0.6 is 23.8 Å². The van der Waals surface area contributed by atoms with Crippen LogP contribution in [-0.2, 0) is 23.7 Å². The van der Waals surface area contributed by atoms with E-state index in [1.54, 1.807) is 0 Å². The zero-order valence-electron chi connectivity index (χ0n) is 14.3. The van der Waals surface area contributed by atoms with Crippen molar-refractivity contribution in [1.29, 1.82) is 0 Å². The Morgan fingerprint density at radius 1 is 1.33 bits per heavy atom. The predicted octanol–water partition coefficient (Wildman–Crippen LogP) is 1.22. The molecule has 0 unspecified atom stereocenters. The summed E-state index contributed by atoms with van der Waals surface area (Å²) in [4.78, 5) is 40.2. The molecule has 0 saturated carbocycles. The van der Waals surface area contributed by atoms with Crippen molar-refractivity contribution in [3.63, 3.8) is 0 Å². The van der Waals surface area contributed by atoms with Crippen LogP contribution in [0.25, 0.3) is 5.69 Å². The molecule has 0 spiro atoms. The maximum Gasteiger partial charge on any atom is 0.347 e. The van der Waals surface area contributed by atoms with Crippen molar-refractivity contribution in [3.8, 4) is 5.69 Å². The van der Waals surface area contributed by atoms with Gasteiger partial charge in [-0.25, -0.2) is 23.3 Å². The molecule has 1 heterocycles. The van der Waals surface area contributed by atoms with Crippen LogP contribution in [0.3, 0.4) is 0 Å². The lowest BCUT2D eigenvalue weighted by Crippen LogP contribution is -2.43. The molecule has 0 aliphatic carbocycles. The number of aromatic nitrogens is 3. The van der Waals surface area contributed by atoms with Gasteiger partial charge in [-0.05, 0) is 31.3 Å². The minimum atomic E-state index is -1.23. The summed E-state index contributed by atoms with van der Waals surface area (Å²) >= 11 is 10.9. The highest BCUT2D eigenvalue weighted by Crippen LogP contribution is 2.21. The molecule has 0 fully saturated rings. The highest BCUT2D eigenvalue weighted by molar-refractivity contribution is 7.71. The van der Waals surface area contributed by atoms with E-state index in [-0.39, 0.29) is 21.0 Å². The van der Waals surface area contributed by atoms with E-state index in [1.165, 1.54) is 21.0 Å². The second-order valence-corrected chi connectivity index (χ2v) is 6.22. The first-order valence-electron chi connectivity index (χ1n) is 7.36. The smallest absolute Gasteiger partial charge is 0.347 e. The summed E-state index contributed by atoms with van der Waals surface area (Å²) in [5.74, 6) is -2.15. The van der Waals surface area contributed by atoms with Gasteiger partial charge in [-0.15, -0.1) is 0 Å². The van der Waals surface area contributed by atoms with E-state index >= 15 is 0 Å². The van der Waals surface area contributed by atoms with Gasteiger partial charge in [0, 0.05) is 19.7 Å². The number of hydrogen-bond donors (Lipinski definition) is 1. The van der Waals surface area contributed by atoms with Crippen molar-refractivity contribution < 1.29 is 19.1 Å². The summed E-state index contributed by atoms with van der Waals surface area (Å²) in [5.41, 5.74) is -1.96. The monoisotopic (exact) mass is 416 g/mol. The summed E-state index contributed by atoms with van der Waals surface area (Å²) in [6.45, 7) is 1.26. The largest absolute Gasteiger partial charge is 0.478 e. The SMILES string of the molecule is C[C@H](O/N=C/c1cc(-n2c(=O)n(C)c(=S)n(C)c2=O)c(F)cc1Cl)C(=O)O. The maximum atomic E-state index is 14.4. The topological polar surface area (TPSA) is 108 Å². The number of benzene rings is 1. The van der Waals surface area contributed by atoms with Gasteiger partial charge in [-0.2, -0.15) is 0 Å². The number of hydrogen-bond acceptors (Lipinski definition) is 6. The van der Waals surface area contributed by atoms with Crippen molar-refractivity contribution in [3.05, 3.63) is 54.3 Å². The molecule has 0 amide bonds. The van der Waals surface area contributed by atoms with Gasteiger partial charge in [0.25, 0.3) is 0 Å². The molecule has 1 aromatic carbocycles. The van der Waals surface area contributed by atoms with Gasteiger partial charge < -0.3 is 9.94 Å². The Hall–Kier alpha value is -2.79. The van der Waals surface area contributed by atoms with Crippen molar-refractivity contribution in [1.82, 2.24) is 13.7 Å². The summed E-state index contributed by atoms with van der Waals surface area (Å²) < 4.78 is 17.0. The lowest BCUT2D eigenvalue weighted by atomic mass is 10.2. The van der Waals surface area contributed by atoms with E-state index in [1.807, 2.05) is 0 Å². The van der Waals surface area contributed by atoms with Crippen LogP contribution < -0.4 is 11.4 Å². The number of rotatable bonds is 5. The number of carboxylic acids is 1. The Kier molecular flexibility index (Phi) is 5.96. The van der Waals surface area contributed by atoms with Crippen molar-refractivity contribution in [2.75, 3.05) is 0 Å². The standard InChI is InChI=1S/C15H14ClFN4O5S/c1-7(12(22)23)26-18-6-8-4-11(10(17)5-9(8)16)21-13(24)19(2)15(27)20(3)14(21)25/h4-7H,1-3H3,(H,22,23)/b18-6+/t7-/m0/s1. The zero-order valence-corrected chi connectivity index (χ0v) is 15.9. The van der Waals surface area contributed by atoms with Gasteiger partial charge >= 0.3 is 17.3 Å². The Morgan fingerprint density at radius 3 is 2.41 bits per heavy atom. The molecule has 2 rings (SSSR count). The molecule has 12 heteroatoms. The number of carbonyl (C=O) groups is 1. The molecule has 0 saturated heterocycles. The fraction of sp³-hybridized carbons (Fsp3) is 0.267. The van der Waals surface area contributed by atoms with Crippen molar-refractivity contribution >= 4 is 36.0 Å². The zero-order chi connectivity index (χ0) is 20.5. The molecule has 0 bridgehead atoms. The summed E-state index contributed by atoms with van der Waals surface area (Å²) in [6.07, 6.45) is -0.171. The molecular weight excluding hydrogens is 403 g/mol. The average Bonchev–Trinajstić information content (AvgIpc) is 2.61.